The summed E-state index contributed by atoms with van der Waals surface area (Å²) in [6.07, 6.45) is -0.456. The lowest BCUT2D eigenvalue weighted by molar-refractivity contribution is -0.124. The smallest absolute Gasteiger partial charge is 0.325 e. The zero-order valence-corrected chi connectivity index (χ0v) is 13.0. The molecule has 0 aliphatic carbocycles. The zero-order chi connectivity index (χ0) is 16.3. The Morgan fingerprint density at radius 2 is 1.74 bits per heavy atom. The second-order valence-electron chi connectivity index (χ2n) is 5.93. The van der Waals surface area contributed by atoms with Crippen molar-refractivity contribution in [1.82, 2.24) is 25.0 Å². The number of carbonyl (C=O) groups is 2. The minimum absolute atomic E-state index is 0.319. The van der Waals surface area contributed by atoms with Gasteiger partial charge in [0.25, 0.3) is 5.91 Å². The first-order valence-corrected chi connectivity index (χ1v) is 7.31. The van der Waals surface area contributed by atoms with Crippen molar-refractivity contribution >= 4 is 17.9 Å². The van der Waals surface area contributed by atoms with Gasteiger partial charge in [0.2, 0.25) is 5.95 Å². The lowest BCUT2D eigenvalue weighted by Crippen LogP contribution is -2.60. The summed E-state index contributed by atoms with van der Waals surface area (Å²) in [5.41, 5.74) is 2.05. The van der Waals surface area contributed by atoms with E-state index in [9.17, 15) is 9.59 Å². The van der Waals surface area contributed by atoms with Gasteiger partial charge in [0.15, 0.2) is 11.9 Å². The number of likely N-dealkylation sites (N-methyl/N-ethyl adjacent to an activating group) is 2. The minimum atomic E-state index is -0.507. The van der Waals surface area contributed by atoms with E-state index in [2.05, 4.69) is 15.5 Å². The Morgan fingerprint density at radius 3 is 2.43 bits per heavy atom. The van der Waals surface area contributed by atoms with E-state index in [0.29, 0.717) is 11.8 Å². The van der Waals surface area contributed by atoms with E-state index in [0.717, 1.165) is 11.1 Å². The molecule has 1 saturated heterocycles. The van der Waals surface area contributed by atoms with Crippen molar-refractivity contribution in [1.29, 1.82) is 0 Å². The van der Waals surface area contributed by atoms with E-state index < -0.39 is 18.2 Å². The molecule has 2 aliphatic rings. The number of nitrogens with zero attached hydrogens (tertiary/aromatic N) is 5. The van der Waals surface area contributed by atoms with Crippen LogP contribution >= 0.6 is 0 Å². The van der Waals surface area contributed by atoms with Gasteiger partial charge >= 0.3 is 6.03 Å². The number of urea groups is 1. The average Bonchev–Trinajstić information content (AvgIpc) is 3.06. The van der Waals surface area contributed by atoms with Gasteiger partial charge in [-0.2, -0.15) is 0 Å². The molecule has 3 amide bonds. The monoisotopic (exact) mass is 312 g/mol. The Labute approximate surface area is 132 Å². The maximum atomic E-state index is 12.2. The van der Waals surface area contributed by atoms with Crippen LogP contribution in [-0.2, 0) is 4.79 Å². The first-order chi connectivity index (χ1) is 11.0. The predicted molar refractivity (Wildman–Crippen MR) is 82.7 cm³/mol. The highest BCUT2D eigenvalue weighted by Crippen LogP contribution is 2.39. The van der Waals surface area contributed by atoms with Crippen LogP contribution in [0.3, 0.4) is 0 Å². The summed E-state index contributed by atoms with van der Waals surface area (Å²) in [4.78, 5) is 27.5. The van der Waals surface area contributed by atoms with Crippen molar-refractivity contribution in [3.63, 3.8) is 0 Å². The first-order valence-electron chi connectivity index (χ1n) is 7.31. The largest absolute Gasteiger partial charge is 0.328 e. The fraction of sp³-hybridized carbons (Fsp3) is 0.333. The van der Waals surface area contributed by atoms with Crippen LogP contribution in [0.25, 0.3) is 11.4 Å². The molecule has 0 bridgehead atoms. The van der Waals surface area contributed by atoms with Crippen LogP contribution in [0.5, 0.6) is 0 Å². The number of aromatic nitrogens is 3. The van der Waals surface area contributed by atoms with Gasteiger partial charge < -0.3 is 9.80 Å². The van der Waals surface area contributed by atoms with Gasteiger partial charge in [-0.1, -0.05) is 29.8 Å². The van der Waals surface area contributed by atoms with Crippen LogP contribution in [0.4, 0.5) is 10.7 Å². The second-order valence-corrected chi connectivity index (χ2v) is 5.93. The molecule has 4 rings (SSSR count). The van der Waals surface area contributed by atoms with Crippen molar-refractivity contribution in [2.75, 3.05) is 19.0 Å². The highest BCUT2D eigenvalue weighted by Gasteiger charge is 2.51. The molecule has 1 aromatic carbocycles. The molecular weight excluding hydrogens is 296 g/mol. The number of aryl methyl sites for hydroxylation is 1. The van der Waals surface area contributed by atoms with Crippen LogP contribution < -0.4 is 10.2 Å². The number of amides is 3. The molecule has 0 spiro atoms. The number of fused-ring (bicyclic) bond motifs is 3. The van der Waals surface area contributed by atoms with Crippen LogP contribution in [0.2, 0.25) is 0 Å². The summed E-state index contributed by atoms with van der Waals surface area (Å²) in [6, 6.07) is 6.99. The van der Waals surface area contributed by atoms with Gasteiger partial charge in [-0.15, -0.1) is 10.2 Å². The van der Waals surface area contributed by atoms with Crippen molar-refractivity contribution in [3.05, 3.63) is 29.8 Å². The number of imide groups is 1. The molecule has 1 aromatic heterocycles. The summed E-state index contributed by atoms with van der Waals surface area (Å²) in [6.45, 7) is 2.01. The van der Waals surface area contributed by atoms with Crippen LogP contribution in [0.15, 0.2) is 24.3 Å². The normalized spacial score (nSPS) is 22.9. The fourth-order valence-electron chi connectivity index (χ4n) is 3.22. The highest BCUT2D eigenvalue weighted by molar-refractivity contribution is 6.02. The maximum Gasteiger partial charge on any atom is 0.325 e. The second kappa shape index (κ2) is 4.55. The third-order valence-corrected chi connectivity index (χ3v) is 4.48. The van der Waals surface area contributed by atoms with Crippen molar-refractivity contribution in [2.24, 2.45) is 0 Å². The Hall–Kier alpha value is -2.90. The van der Waals surface area contributed by atoms with Gasteiger partial charge in [-0.25, -0.2) is 4.79 Å². The third-order valence-electron chi connectivity index (χ3n) is 4.48. The molecule has 2 aromatic rings. The summed E-state index contributed by atoms with van der Waals surface area (Å²) < 4.78 is 1.85. The SMILES string of the molecule is Cc1ccc(-c2nnc3n2C2C(C(=O)NC(=O)N2C)N3C)cc1. The molecule has 8 nitrogen and oxygen atoms in total. The molecule has 0 radical (unpaired) electrons. The Morgan fingerprint density at radius 1 is 1.04 bits per heavy atom. The van der Waals surface area contributed by atoms with Crippen LogP contribution in [-0.4, -0.2) is 51.7 Å². The van der Waals surface area contributed by atoms with Crippen molar-refractivity contribution < 1.29 is 9.59 Å². The number of hydrogen-bond acceptors (Lipinski definition) is 5. The van der Waals surface area contributed by atoms with E-state index in [-0.39, 0.29) is 5.91 Å². The van der Waals surface area contributed by atoms with E-state index in [1.54, 1.807) is 19.0 Å². The number of carbonyl (C=O) groups excluding carboxylic acids is 2. The number of anilines is 1. The van der Waals surface area contributed by atoms with E-state index in [4.69, 9.17) is 0 Å². The predicted octanol–water partition coefficient (Wildman–Crippen LogP) is 0.752. The number of benzene rings is 1. The van der Waals surface area contributed by atoms with E-state index in [1.807, 2.05) is 35.8 Å². The molecule has 8 heteroatoms. The lowest BCUT2D eigenvalue weighted by Gasteiger charge is -2.36. The van der Waals surface area contributed by atoms with Crippen LogP contribution in [0, 0.1) is 6.92 Å². The molecule has 3 heterocycles. The highest BCUT2D eigenvalue weighted by atomic mass is 16.2. The third kappa shape index (κ3) is 1.77. The molecule has 0 saturated carbocycles. The molecule has 23 heavy (non-hydrogen) atoms. The maximum absolute atomic E-state index is 12.2. The standard InChI is InChI=1S/C15H16N6O2/c1-8-4-6-9(7-5-8)11-17-18-14-19(2)10-12(22)16-15(23)20(3)13(10)21(11)14/h4-7,10,13H,1-3H3,(H,16,22,23). The Kier molecular flexibility index (Phi) is 2.72. The average molecular weight is 312 g/mol. The Bertz CT molecular complexity index is 812. The zero-order valence-electron chi connectivity index (χ0n) is 13.0. The summed E-state index contributed by atoms with van der Waals surface area (Å²) in [5.74, 6) is 0.905. The topological polar surface area (TPSA) is 83.4 Å². The minimum Gasteiger partial charge on any atom is -0.328 e. The first kappa shape index (κ1) is 13.7. The van der Waals surface area contributed by atoms with E-state index >= 15 is 0 Å². The lowest BCUT2D eigenvalue weighted by atomic mass is 10.1. The van der Waals surface area contributed by atoms with E-state index in [1.165, 1.54) is 4.90 Å². The summed E-state index contributed by atoms with van der Waals surface area (Å²) in [5, 5.41) is 10.8. The van der Waals surface area contributed by atoms with Gasteiger partial charge in [-0.05, 0) is 6.92 Å². The Balaban J connectivity index is 1.88. The summed E-state index contributed by atoms with van der Waals surface area (Å²) in [7, 11) is 3.45. The molecule has 1 N–H and O–H groups in total. The number of nitrogens with one attached hydrogen (secondary N) is 1. The molecule has 2 atom stereocenters. The molecule has 2 aliphatic heterocycles. The number of hydrogen-bond donors (Lipinski definition) is 1. The molecular formula is C15H16N6O2. The van der Waals surface area contributed by atoms with Gasteiger partial charge in [0, 0.05) is 19.7 Å². The quantitative estimate of drug-likeness (QED) is 0.840. The molecule has 118 valence electrons. The molecule has 2 unspecified atom stereocenters. The van der Waals surface area contributed by atoms with Crippen molar-refractivity contribution in [3.8, 4) is 11.4 Å². The fourth-order valence-corrected chi connectivity index (χ4v) is 3.22. The summed E-state index contributed by atoms with van der Waals surface area (Å²) >= 11 is 0. The van der Waals surface area contributed by atoms with Gasteiger partial charge in [-0.3, -0.25) is 14.7 Å². The molecule has 1 fully saturated rings. The van der Waals surface area contributed by atoms with Crippen LogP contribution in [0.1, 0.15) is 11.7 Å². The van der Waals surface area contributed by atoms with Gasteiger partial charge in [0.1, 0.15) is 6.17 Å². The number of rotatable bonds is 1. The van der Waals surface area contributed by atoms with Gasteiger partial charge in [0.05, 0.1) is 0 Å². The van der Waals surface area contributed by atoms with Crippen molar-refractivity contribution in [2.45, 2.75) is 19.1 Å².